The van der Waals surface area contributed by atoms with Crippen LogP contribution in [0.3, 0.4) is 0 Å². The molecule has 2 heteroatoms. The van der Waals surface area contributed by atoms with E-state index in [4.69, 9.17) is 0 Å². The molecule has 134 valence electrons. The van der Waals surface area contributed by atoms with Crippen molar-refractivity contribution in [1.82, 2.24) is 0 Å². The Morgan fingerprint density at radius 2 is 0.955 bits per heavy atom. The fourth-order valence-corrected chi connectivity index (χ4v) is 3.99. The Kier molecular flexibility index (Phi) is 15.0. The SMILES string of the molecule is CCCCCCCCCCCC[N+]1(CCCC)CCCC1.[Cl-]. The van der Waals surface area contributed by atoms with Crippen LogP contribution in [0.25, 0.3) is 0 Å². The molecule has 1 nitrogen and oxygen atoms in total. The Balaban J connectivity index is 0.00000441. The summed E-state index contributed by atoms with van der Waals surface area (Å²) in [7, 11) is 0. The molecule has 0 bridgehead atoms. The van der Waals surface area contributed by atoms with Gasteiger partial charge < -0.3 is 16.9 Å². The zero-order chi connectivity index (χ0) is 15.2. The standard InChI is InChI=1S/C20H42N.ClH/c1-3-5-7-8-9-10-11-12-13-14-18-21(17-6-4-2)19-15-16-20-21;/h3-20H2,1-2H3;1H/q+1;/p-1. The molecule has 1 fully saturated rings. The van der Waals surface area contributed by atoms with E-state index in [0.717, 1.165) is 0 Å². The van der Waals surface area contributed by atoms with Gasteiger partial charge in [0.2, 0.25) is 0 Å². The van der Waals surface area contributed by atoms with Crippen molar-refractivity contribution < 1.29 is 16.9 Å². The first-order chi connectivity index (χ1) is 10.3. The number of halogens is 1. The third-order valence-corrected chi connectivity index (χ3v) is 5.49. The maximum atomic E-state index is 2.34. The highest BCUT2D eigenvalue weighted by Crippen LogP contribution is 2.22. The number of nitrogens with zero attached hydrogens (tertiary/aromatic N) is 1. The molecule has 0 aromatic heterocycles. The van der Waals surface area contributed by atoms with Crippen LogP contribution < -0.4 is 12.4 Å². The summed E-state index contributed by atoms with van der Waals surface area (Å²) in [5.41, 5.74) is 0. The van der Waals surface area contributed by atoms with Crippen LogP contribution in [-0.2, 0) is 0 Å². The van der Waals surface area contributed by atoms with Gasteiger partial charge in [-0.1, -0.05) is 71.6 Å². The molecule has 0 saturated carbocycles. The van der Waals surface area contributed by atoms with Gasteiger partial charge in [-0.3, -0.25) is 0 Å². The zero-order valence-corrected chi connectivity index (χ0v) is 16.3. The largest absolute Gasteiger partial charge is 1.00 e. The minimum Gasteiger partial charge on any atom is -1.00 e. The summed E-state index contributed by atoms with van der Waals surface area (Å²) in [6.45, 7) is 10.6. The topological polar surface area (TPSA) is 0 Å². The lowest BCUT2D eigenvalue weighted by atomic mass is 10.1. The van der Waals surface area contributed by atoms with Gasteiger partial charge >= 0.3 is 0 Å². The van der Waals surface area contributed by atoms with Crippen molar-refractivity contribution in [3.05, 3.63) is 0 Å². The number of likely N-dealkylation sites (tertiary alicyclic amines) is 1. The molecular weight excluding hydrogens is 290 g/mol. The van der Waals surface area contributed by atoms with Gasteiger partial charge in [0.05, 0.1) is 26.2 Å². The number of unbranched alkanes of at least 4 members (excludes halogenated alkanes) is 10. The van der Waals surface area contributed by atoms with E-state index in [0.29, 0.717) is 0 Å². The third kappa shape index (κ3) is 10.1. The lowest BCUT2D eigenvalue weighted by Crippen LogP contribution is -3.00. The van der Waals surface area contributed by atoms with E-state index in [1.807, 2.05) is 0 Å². The average Bonchev–Trinajstić information content (AvgIpc) is 2.96. The summed E-state index contributed by atoms with van der Waals surface area (Å²) in [6.07, 6.45) is 20.5. The van der Waals surface area contributed by atoms with Gasteiger partial charge in [-0.15, -0.1) is 0 Å². The summed E-state index contributed by atoms with van der Waals surface area (Å²) in [4.78, 5) is 0. The maximum absolute atomic E-state index is 2.34. The van der Waals surface area contributed by atoms with Gasteiger partial charge in [-0.25, -0.2) is 0 Å². The quantitative estimate of drug-likeness (QED) is 0.338. The Labute approximate surface area is 147 Å². The molecule has 1 saturated heterocycles. The monoisotopic (exact) mass is 331 g/mol. The smallest absolute Gasteiger partial charge is 0.0788 e. The lowest BCUT2D eigenvalue weighted by Gasteiger charge is -2.34. The van der Waals surface area contributed by atoms with E-state index in [1.54, 1.807) is 0 Å². The highest BCUT2D eigenvalue weighted by Gasteiger charge is 2.30. The van der Waals surface area contributed by atoms with Crippen molar-refractivity contribution in [2.75, 3.05) is 26.2 Å². The van der Waals surface area contributed by atoms with Crippen LogP contribution in [0.15, 0.2) is 0 Å². The van der Waals surface area contributed by atoms with Crippen molar-refractivity contribution >= 4 is 0 Å². The van der Waals surface area contributed by atoms with Gasteiger partial charge in [0.25, 0.3) is 0 Å². The highest BCUT2D eigenvalue weighted by molar-refractivity contribution is 4.56. The van der Waals surface area contributed by atoms with Crippen molar-refractivity contribution in [3.63, 3.8) is 0 Å². The molecular formula is C20H42ClN. The molecule has 0 radical (unpaired) electrons. The van der Waals surface area contributed by atoms with Crippen LogP contribution in [-0.4, -0.2) is 30.7 Å². The van der Waals surface area contributed by atoms with Crippen molar-refractivity contribution in [2.45, 2.75) is 104 Å². The first kappa shape index (κ1) is 22.2. The second-order valence-corrected chi connectivity index (χ2v) is 7.48. The first-order valence-corrected chi connectivity index (χ1v) is 10.2. The zero-order valence-electron chi connectivity index (χ0n) is 15.6. The minimum absolute atomic E-state index is 0. The molecule has 1 heterocycles. The number of hydrogen-bond acceptors (Lipinski definition) is 0. The molecule has 0 unspecified atom stereocenters. The molecule has 22 heavy (non-hydrogen) atoms. The normalized spacial score (nSPS) is 16.6. The second-order valence-electron chi connectivity index (χ2n) is 7.48. The van der Waals surface area contributed by atoms with Gasteiger partial charge in [0.15, 0.2) is 0 Å². The average molecular weight is 332 g/mol. The van der Waals surface area contributed by atoms with Gasteiger partial charge in [-0.2, -0.15) is 0 Å². The van der Waals surface area contributed by atoms with E-state index in [-0.39, 0.29) is 12.4 Å². The second kappa shape index (κ2) is 14.8. The van der Waals surface area contributed by atoms with E-state index in [2.05, 4.69) is 13.8 Å². The third-order valence-electron chi connectivity index (χ3n) is 5.49. The fraction of sp³-hybridized carbons (Fsp3) is 1.00. The first-order valence-electron chi connectivity index (χ1n) is 10.2. The molecule has 0 aromatic carbocycles. The Hall–Kier alpha value is 0.250. The van der Waals surface area contributed by atoms with Crippen LogP contribution in [0.2, 0.25) is 0 Å². The molecule has 0 aromatic rings. The highest BCUT2D eigenvalue weighted by atomic mass is 35.5. The Bertz CT molecular complexity index is 224. The fourth-order valence-electron chi connectivity index (χ4n) is 3.99. The predicted octanol–water partition coefficient (Wildman–Crippen LogP) is 3.32. The summed E-state index contributed by atoms with van der Waals surface area (Å²) in [5.74, 6) is 0. The number of quaternary nitrogens is 1. The summed E-state index contributed by atoms with van der Waals surface area (Å²) >= 11 is 0. The van der Waals surface area contributed by atoms with E-state index >= 15 is 0 Å². The lowest BCUT2D eigenvalue weighted by molar-refractivity contribution is -0.917. The molecule has 0 aliphatic carbocycles. The Morgan fingerprint density at radius 1 is 0.545 bits per heavy atom. The van der Waals surface area contributed by atoms with Crippen LogP contribution in [0.5, 0.6) is 0 Å². The van der Waals surface area contributed by atoms with E-state index in [1.165, 1.54) is 121 Å². The molecule has 0 amide bonds. The van der Waals surface area contributed by atoms with Gasteiger partial charge in [0, 0.05) is 12.8 Å². The van der Waals surface area contributed by atoms with Gasteiger partial charge in [0.1, 0.15) is 0 Å². The number of rotatable bonds is 14. The molecule has 0 N–H and O–H groups in total. The van der Waals surface area contributed by atoms with Crippen LogP contribution in [0.1, 0.15) is 104 Å². The van der Waals surface area contributed by atoms with E-state index in [9.17, 15) is 0 Å². The summed E-state index contributed by atoms with van der Waals surface area (Å²) in [5, 5.41) is 0. The minimum atomic E-state index is 0. The molecule has 0 atom stereocenters. The van der Waals surface area contributed by atoms with Crippen LogP contribution >= 0.6 is 0 Å². The Morgan fingerprint density at radius 3 is 1.45 bits per heavy atom. The van der Waals surface area contributed by atoms with Crippen molar-refractivity contribution in [3.8, 4) is 0 Å². The molecule has 1 aliphatic heterocycles. The van der Waals surface area contributed by atoms with Crippen LogP contribution in [0, 0.1) is 0 Å². The maximum Gasteiger partial charge on any atom is 0.0788 e. The summed E-state index contributed by atoms with van der Waals surface area (Å²) in [6, 6.07) is 0. The van der Waals surface area contributed by atoms with E-state index < -0.39 is 0 Å². The number of hydrogen-bond donors (Lipinski definition) is 0. The predicted molar refractivity (Wildman–Crippen MR) is 95.7 cm³/mol. The molecule has 1 aliphatic rings. The summed E-state index contributed by atoms with van der Waals surface area (Å²) < 4.78 is 1.48. The molecule has 1 rings (SSSR count). The van der Waals surface area contributed by atoms with Gasteiger partial charge in [-0.05, 0) is 19.3 Å². The molecule has 0 spiro atoms. The van der Waals surface area contributed by atoms with Crippen molar-refractivity contribution in [1.29, 1.82) is 0 Å². The van der Waals surface area contributed by atoms with Crippen LogP contribution in [0.4, 0.5) is 0 Å². The van der Waals surface area contributed by atoms with Crippen molar-refractivity contribution in [2.24, 2.45) is 0 Å².